The van der Waals surface area contributed by atoms with Crippen LogP contribution in [0.15, 0.2) is 42.9 Å². The van der Waals surface area contributed by atoms with Gasteiger partial charge in [0.2, 0.25) is 0 Å². The molecule has 1 amide bonds. The molecule has 0 atom stereocenters. The molecule has 0 aromatic carbocycles. The summed E-state index contributed by atoms with van der Waals surface area (Å²) in [7, 11) is 0. The third-order valence-electron chi connectivity index (χ3n) is 2.31. The van der Waals surface area contributed by atoms with Crippen LogP contribution in [0.4, 0.5) is 5.69 Å². The number of aromatic nitrogens is 2. The molecule has 0 aliphatic carbocycles. The number of pyridine rings is 1. The van der Waals surface area contributed by atoms with Crippen molar-refractivity contribution in [3.8, 4) is 0 Å². The molecule has 0 spiro atoms. The van der Waals surface area contributed by atoms with Gasteiger partial charge in [-0.1, -0.05) is 0 Å². The van der Waals surface area contributed by atoms with Gasteiger partial charge in [0.1, 0.15) is 12.2 Å². The summed E-state index contributed by atoms with van der Waals surface area (Å²) in [5.41, 5.74) is 0.910. The van der Waals surface area contributed by atoms with Crippen molar-refractivity contribution in [2.75, 3.05) is 5.32 Å². The van der Waals surface area contributed by atoms with Crippen molar-refractivity contribution in [2.45, 2.75) is 6.54 Å². The lowest BCUT2D eigenvalue weighted by Gasteiger charge is -2.07. The number of carbonyl (C=O) groups excluding carboxylic acids is 1. The van der Waals surface area contributed by atoms with E-state index in [9.17, 15) is 9.59 Å². The SMILES string of the molecule is O=C(O)Cn1cccc1C(=O)Nc1ccncc1. The molecule has 6 heteroatoms. The summed E-state index contributed by atoms with van der Waals surface area (Å²) in [4.78, 5) is 26.4. The van der Waals surface area contributed by atoms with Gasteiger partial charge in [-0.2, -0.15) is 0 Å². The summed E-state index contributed by atoms with van der Waals surface area (Å²) >= 11 is 0. The zero-order valence-electron chi connectivity index (χ0n) is 9.41. The third kappa shape index (κ3) is 2.73. The maximum absolute atomic E-state index is 11.9. The van der Waals surface area contributed by atoms with Crippen LogP contribution in [-0.4, -0.2) is 26.5 Å². The third-order valence-corrected chi connectivity index (χ3v) is 2.31. The van der Waals surface area contributed by atoms with E-state index in [1.54, 1.807) is 42.9 Å². The van der Waals surface area contributed by atoms with Crippen molar-refractivity contribution in [1.82, 2.24) is 9.55 Å². The number of hydrogen-bond acceptors (Lipinski definition) is 3. The van der Waals surface area contributed by atoms with E-state index in [0.717, 1.165) is 0 Å². The van der Waals surface area contributed by atoms with Crippen LogP contribution in [0.1, 0.15) is 10.5 Å². The van der Waals surface area contributed by atoms with Gasteiger partial charge >= 0.3 is 5.97 Å². The summed E-state index contributed by atoms with van der Waals surface area (Å²) in [6.45, 7) is -0.244. The second-order valence-corrected chi connectivity index (χ2v) is 3.61. The quantitative estimate of drug-likeness (QED) is 0.848. The van der Waals surface area contributed by atoms with Gasteiger partial charge in [-0.3, -0.25) is 14.6 Å². The molecule has 2 heterocycles. The number of aliphatic carboxylic acids is 1. The van der Waals surface area contributed by atoms with E-state index in [2.05, 4.69) is 10.3 Å². The fourth-order valence-corrected chi connectivity index (χ4v) is 1.53. The number of anilines is 1. The molecule has 0 aliphatic heterocycles. The maximum atomic E-state index is 11.9. The highest BCUT2D eigenvalue weighted by Gasteiger charge is 2.12. The lowest BCUT2D eigenvalue weighted by Crippen LogP contribution is -2.19. The highest BCUT2D eigenvalue weighted by atomic mass is 16.4. The van der Waals surface area contributed by atoms with Crippen LogP contribution in [0.5, 0.6) is 0 Å². The Hall–Kier alpha value is -2.63. The number of carboxylic acid groups (broad SMARTS) is 1. The number of carboxylic acids is 1. The van der Waals surface area contributed by atoms with E-state index in [-0.39, 0.29) is 12.5 Å². The lowest BCUT2D eigenvalue weighted by atomic mass is 10.3. The summed E-state index contributed by atoms with van der Waals surface area (Å²) < 4.78 is 1.37. The van der Waals surface area contributed by atoms with Gasteiger partial charge in [0.05, 0.1) is 0 Å². The summed E-state index contributed by atoms with van der Waals surface area (Å²) in [6.07, 6.45) is 4.67. The molecule has 2 rings (SSSR count). The molecular formula is C12H11N3O3. The minimum absolute atomic E-state index is 0.244. The topological polar surface area (TPSA) is 84.2 Å². The Balaban J connectivity index is 2.14. The van der Waals surface area contributed by atoms with Crippen LogP contribution in [0.2, 0.25) is 0 Å². The molecule has 0 bridgehead atoms. The number of rotatable bonds is 4. The Kier molecular flexibility index (Phi) is 3.38. The van der Waals surface area contributed by atoms with Crippen LogP contribution in [-0.2, 0) is 11.3 Å². The van der Waals surface area contributed by atoms with Gasteiger partial charge < -0.3 is 15.0 Å². The van der Waals surface area contributed by atoms with Gasteiger partial charge in [-0.15, -0.1) is 0 Å². The molecule has 0 saturated heterocycles. The van der Waals surface area contributed by atoms with E-state index in [1.165, 1.54) is 4.57 Å². The zero-order chi connectivity index (χ0) is 13.0. The van der Waals surface area contributed by atoms with Crippen molar-refractivity contribution in [3.05, 3.63) is 48.5 Å². The average molecular weight is 245 g/mol. The van der Waals surface area contributed by atoms with E-state index in [0.29, 0.717) is 11.4 Å². The van der Waals surface area contributed by atoms with Crippen molar-refractivity contribution >= 4 is 17.6 Å². The molecule has 2 N–H and O–H groups in total. The van der Waals surface area contributed by atoms with E-state index in [4.69, 9.17) is 5.11 Å². The Morgan fingerprint density at radius 1 is 1.28 bits per heavy atom. The average Bonchev–Trinajstić information content (AvgIpc) is 2.77. The first-order valence-corrected chi connectivity index (χ1v) is 5.25. The fourth-order valence-electron chi connectivity index (χ4n) is 1.53. The van der Waals surface area contributed by atoms with Crippen molar-refractivity contribution < 1.29 is 14.7 Å². The minimum Gasteiger partial charge on any atom is -0.480 e. The van der Waals surface area contributed by atoms with Crippen molar-refractivity contribution in [2.24, 2.45) is 0 Å². The number of carbonyl (C=O) groups is 2. The monoisotopic (exact) mass is 245 g/mol. The molecule has 92 valence electrons. The molecule has 6 nitrogen and oxygen atoms in total. The molecule has 2 aromatic heterocycles. The second kappa shape index (κ2) is 5.13. The van der Waals surface area contributed by atoms with Crippen LogP contribution in [0, 0.1) is 0 Å². The van der Waals surface area contributed by atoms with Gasteiger partial charge in [0.25, 0.3) is 5.91 Å². The first-order chi connectivity index (χ1) is 8.66. The predicted octanol–water partition coefficient (Wildman–Crippen LogP) is 1.22. The number of hydrogen-bond donors (Lipinski definition) is 2. The van der Waals surface area contributed by atoms with Gasteiger partial charge in [-0.25, -0.2) is 0 Å². The Labute approximate surface area is 103 Å². The van der Waals surface area contributed by atoms with E-state index in [1.807, 2.05) is 0 Å². The van der Waals surface area contributed by atoms with Crippen molar-refractivity contribution in [1.29, 1.82) is 0 Å². The molecule has 2 aromatic rings. The van der Waals surface area contributed by atoms with Crippen molar-refractivity contribution in [3.63, 3.8) is 0 Å². The summed E-state index contributed by atoms with van der Waals surface area (Å²) in [5.74, 6) is -1.35. The van der Waals surface area contributed by atoms with Crippen LogP contribution < -0.4 is 5.32 Å². The molecule has 0 saturated carbocycles. The van der Waals surface area contributed by atoms with Gasteiger partial charge in [0.15, 0.2) is 0 Å². The molecular weight excluding hydrogens is 234 g/mol. The highest BCUT2D eigenvalue weighted by Crippen LogP contribution is 2.08. The molecule has 0 radical (unpaired) electrons. The first kappa shape index (κ1) is 11.8. The van der Waals surface area contributed by atoms with Crippen LogP contribution in [0.3, 0.4) is 0 Å². The molecule has 0 aliphatic rings. The number of nitrogens with zero attached hydrogens (tertiary/aromatic N) is 2. The smallest absolute Gasteiger partial charge is 0.323 e. The minimum atomic E-state index is -0.996. The Morgan fingerprint density at radius 2 is 2.00 bits per heavy atom. The lowest BCUT2D eigenvalue weighted by molar-refractivity contribution is -0.137. The number of amides is 1. The van der Waals surface area contributed by atoms with Crippen LogP contribution in [0.25, 0.3) is 0 Å². The highest BCUT2D eigenvalue weighted by molar-refractivity contribution is 6.03. The largest absolute Gasteiger partial charge is 0.480 e. The first-order valence-electron chi connectivity index (χ1n) is 5.25. The van der Waals surface area contributed by atoms with Crippen LogP contribution >= 0.6 is 0 Å². The normalized spacial score (nSPS) is 10.0. The van der Waals surface area contributed by atoms with E-state index < -0.39 is 5.97 Å². The van der Waals surface area contributed by atoms with Gasteiger partial charge in [0, 0.05) is 24.3 Å². The predicted molar refractivity (Wildman–Crippen MR) is 64.3 cm³/mol. The standard InChI is InChI=1S/C12H11N3O3/c16-11(17)8-15-7-1-2-10(15)12(18)14-9-3-5-13-6-4-9/h1-7H,8H2,(H,16,17)(H,13,14,18). The van der Waals surface area contributed by atoms with E-state index >= 15 is 0 Å². The summed E-state index contributed by atoms with van der Waals surface area (Å²) in [5, 5.41) is 11.4. The van der Waals surface area contributed by atoms with Gasteiger partial charge in [-0.05, 0) is 24.3 Å². The maximum Gasteiger partial charge on any atom is 0.323 e. The number of nitrogens with one attached hydrogen (secondary N) is 1. The second-order valence-electron chi connectivity index (χ2n) is 3.61. The fraction of sp³-hybridized carbons (Fsp3) is 0.0833. The molecule has 18 heavy (non-hydrogen) atoms. The molecule has 0 unspecified atom stereocenters. The zero-order valence-corrected chi connectivity index (χ0v) is 9.41. The Bertz CT molecular complexity index is 563. The summed E-state index contributed by atoms with van der Waals surface area (Å²) in [6, 6.07) is 6.51. The molecule has 0 fully saturated rings. The Morgan fingerprint density at radius 3 is 2.67 bits per heavy atom.